The van der Waals surface area contributed by atoms with Crippen LogP contribution < -0.4 is 15.1 Å². The van der Waals surface area contributed by atoms with Crippen LogP contribution >= 0.6 is 13.5 Å². The fraction of sp³-hybridized carbons (Fsp3) is 0.235. The highest BCUT2D eigenvalue weighted by molar-refractivity contribution is 7.59. The van der Waals surface area contributed by atoms with Crippen LogP contribution in [0.3, 0.4) is 0 Å². The number of halogens is 1. The van der Waals surface area contributed by atoms with Crippen LogP contribution in [0.25, 0.3) is 0 Å². The topological polar surface area (TPSA) is 61.8 Å². The van der Waals surface area contributed by atoms with Gasteiger partial charge in [-0.25, -0.2) is 9.87 Å². The van der Waals surface area contributed by atoms with E-state index in [0.717, 1.165) is 11.3 Å². The molecule has 0 radical (unpaired) electrons. The van der Waals surface area contributed by atoms with E-state index in [1.807, 2.05) is 13.0 Å². The van der Waals surface area contributed by atoms with Crippen molar-refractivity contribution in [2.75, 3.05) is 11.5 Å². The molecule has 1 aliphatic heterocycles. The van der Waals surface area contributed by atoms with Crippen molar-refractivity contribution in [1.29, 1.82) is 0 Å². The first-order valence-electron chi connectivity index (χ1n) is 7.31. The summed E-state index contributed by atoms with van der Waals surface area (Å²) >= 11 is 0. The number of hydroxylamine groups is 1. The second kappa shape index (κ2) is 7.55. The van der Waals surface area contributed by atoms with Gasteiger partial charge in [0.15, 0.2) is 0 Å². The van der Waals surface area contributed by atoms with Gasteiger partial charge in [0.2, 0.25) is 0 Å². The van der Waals surface area contributed by atoms with Crippen LogP contribution in [0.2, 0.25) is 0 Å². The van der Waals surface area contributed by atoms with Crippen LogP contribution in [0.5, 0.6) is 5.75 Å². The lowest BCUT2D eigenvalue weighted by Crippen LogP contribution is -2.34. The maximum Gasteiger partial charge on any atom is 0.274 e. The number of carbonyl (C=O) groups is 1. The van der Waals surface area contributed by atoms with Gasteiger partial charge in [0.25, 0.3) is 5.91 Å². The molecule has 0 saturated heterocycles. The molecule has 2 N–H and O–H groups in total. The molecule has 0 saturated carbocycles. The number of nitrogens with zero attached hydrogens (tertiary/aromatic N) is 1. The summed E-state index contributed by atoms with van der Waals surface area (Å²) < 4.78 is 19.3. The first kappa shape index (κ1) is 18.1. The van der Waals surface area contributed by atoms with Gasteiger partial charge in [-0.1, -0.05) is 12.1 Å². The van der Waals surface area contributed by atoms with Crippen molar-refractivity contribution < 1.29 is 19.1 Å². The Kier molecular flexibility index (Phi) is 5.69. The quantitative estimate of drug-likeness (QED) is 0.646. The Labute approximate surface area is 146 Å². The molecule has 7 heteroatoms. The summed E-state index contributed by atoms with van der Waals surface area (Å²) in [6.45, 7) is 2.95. The van der Waals surface area contributed by atoms with Gasteiger partial charge in [0.1, 0.15) is 18.2 Å². The molecule has 1 heterocycles. The number of nitrogens with one attached hydrogen (secondary N) is 1. The Bertz CT molecular complexity index is 742. The summed E-state index contributed by atoms with van der Waals surface area (Å²) in [7, 11) is 0. The molecule has 3 rings (SSSR count). The molecule has 1 atom stereocenters. The number of fused-ring (bicyclic) bond motifs is 1. The van der Waals surface area contributed by atoms with E-state index in [4.69, 9.17) is 9.94 Å². The summed E-state index contributed by atoms with van der Waals surface area (Å²) in [5.41, 5.74) is 3.60. The molecule has 0 unspecified atom stereocenters. The highest BCUT2D eigenvalue weighted by Gasteiger charge is 2.23. The zero-order valence-electron chi connectivity index (χ0n) is 13.1. The van der Waals surface area contributed by atoms with E-state index in [2.05, 4.69) is 4.90 Å². The molecule has 2 aromatic rings. The van der Waals surface area contributed by atoms with Gasteiger partial charge in [0, 0.05) is 23.4 Å². The van der Waals surface area contributed by atoms with Crippen LogP contribution in [0, 0.1) is 5.82 Å². The summed E-state index contributed by atoms with van der Waals surface area (Å²) in [6.07, 6.45) is 0. The predicted octanol–water partition coefficient (Wildman–Crippen LogP) is 2.85. The van der Waals surface area contributed by atoms with Gasteiger partial charge < -0.3 is 9.64 Å². The number of hydrogen-bond acceptors (Lipinski definition) is 4. The molecule has 1 amide bonds. The highest BCUT2D eigenvalue weighted by atomic mass is 32.1. The summed E-state index contributed by atoms with van der Waals surface area (Å²) in [5, 5.41) is 8.72. The lowest BCUT2D eigenvalue weighted by Gasteiger charge is -2.28. The Hall–Kier alpha value is -2.25. The number of benzene rings is 2. The number of hydrogen-bond donors (Lipinski definition) is 2. The van der Waals surface area contributed by atoms with E-state index in [9.17, 15) is 9.18 Å². The third-order valence-corrected chi connectivity index (χ3v) is 3.92. The zero-order valence-corrected chi connectivity index (χ0v) is 14.1. The van der Waals surface area contributed by atoms with Crippen LogP contribution in [0.4, 0.5) is 10.1 Å². The first-order chi connectivity index (χ1) is 11.1. The normalized spacial score (nSPS) is 16.3. The van der Waals surface area contributed by atoms with Crippen LogP contribution in [-0.2, 0) is 6.54 Å². The molecule has 1 aliphatic rings. The van der Waals surface area contributed by atoms with Crippen LogP contribution in [0.1, 0.15) is 22.8 Å². The number of anilines is 1. The smallest absolute Gasteiger partial charge is 0.274 e. The first-order valence-corrected chi connectivity index (χ1v) is 7.31. The van der Waals surface area contributed by atoms with Gasteiger partial charge in [-0.05, 0) is 37.3 Å². The predicted molar refractivity (Wildman–Crippen MR) is 93.6 cm³/mol. The monoisotopic (exact) mass is 350 g/mol. The lowest BCUT2D eigenvalue weighted by atomic mass is 10.1. The van der Waals surface area contributed by atoms with Gasteiger partial charge in [-0.3, -0.25) is 10.0 Å². The maximum atomic E-state index is 13.5. The summed E-state index contributed by atoms with van der Waals surface area (Å²) in [5.74, 6) is -0.275. The van der Waals surface area contributed by atoms with E-state index in [-0.39, 0.29) is 25.4 Å². The van der Waals surface area contributed by atoms with E-state index in [0.29, 0.717) is 24.5 Å². The zero-order chi connectivity index (χ0) is 16.4. The maximum absolute atomic E-state index is 13.5. The van der Waals surface area contributed by atoms with E-state index in [1.165, 1.54) is 12.1 Å². The van der Waals surface area contributed by atoms with E-state index < -0.39 is 5.91 Å². The van der Waals surface area contributed by atoms with Crippen molar-refractivity contribution in [2.24, 2.45) is 0 Å². The van der Waals surface area contributed by atoms with Crippen molar-refractivity contribution in [3.63, 3.8) is 0 Å². The number of rotatable bonds is 2. The standard InChI is InChI=1S/C17H17FN2O3.H2S/c1-11-10-23-16-7-12(17(21)19-22)5-6-13(16)9-20(11)15-4-2-3-14(18)8-15;/h2-8,11,22H,9-10H2,1H3,(H,19,21);1H2/t11-;/m1./s1. The van der Waals surface area contributed by atoms with Crippen molar-refractivity contribution in [3.05, 3.63) is 59.4 Å². The molecular formula is C17H19FN2O3S. The molecule has 0 fully saturated rings. The molecule has 0 spiro atoms. The number of amides is 1. The van der Waals surface area contributed by atoms with E-state index in [1.54, 1.807) is 29.7 Å². The second-order valence-corrected chi connectivity index (χ2v) is 5.53. The molecule has 0 aliphatic carbocycles. The number of ether oxygens (including phenoxy) is 1. The van der Waals surface area contributed by atoms with Crippen molar-refractivity contribution in [2.45, 2.75) is 19.5 Å². The van der Waals surface area contributed by atoms with Crippen molar-refractivity contribution in [3.8, 4) is 5.75 Å². The second-order valence-electron chi connectivity index (χ2n) is 5.53. The van der Waals surface area contributed by atoms with Gasteiger partial charge in [-0.15, -0.1) is 0 Å². The third-order valence-electron chi connectivity index (χ3n) is 3.92. The van der Waals surface area contributed by atoms with Crippen LogP contribution in [-0.4, -0.2) is 23.8 Å². The number of carbonyl (C=O) groups excluding carboxylic acids is 1. The fourth-order valence-corrected chi connectivity index (χ4v) is 2.67. The Morgan fingerprint density at radius 1 is 1.33 bits per heavy atom. The molecule has 128 valence electrons. The largest absolute Gasteiger partial charge is 0.491 e. The van der Waals surface area contributed by atoms with Gasteiger partial charge in [0.05, 0.1) is 6.04 Å². The highest BCUT2D eigenvalue weighted by Crippen LogP contribution is 2.30. The lowest BCUT2D eigenvalue weighted by molar-refractivity contribution is 0.0706. The third kappa shape index (κ3) is 3.63. The van der Waals surface area contributed by atoms with E-state index >= 15 is 0 Å². The van der Waals surface area contributed by atoms with Gasteiger partial charge in [-0.2, -0.15) is 13.5 Å². The Morgan fingerprint density at radius 3 is 2.83 bits per heavy atom. The van der Waals surface area contributed by atoms with Crippen LogP contribution in [0.15, 0.2) is 42.5 Å². The average Bonchev–Trinajstić information content (AvgIpc) is 2.73. The minimum atomic E-state index is -0.587. The van der Waals surface area contributed by atoms with Crippen molar-refractivity contribution >= 4 is 25.1 Å². The average molecular weight is 350 g/mol. The van der Waals surface area contributed by atoms with Crippen molar-refractivity contribution in [1.82, 2.24) is 5.48 Å². The Balaban J connectivity index is 0.00000208. The summed E-state index contributed by atoms with van der Waals surface area (Å²) in [4.78, 5) is 13.6. The summed E-state index contributed by atoms with van der Waals surface area (Å²) in [6, 6.07) is 11.5. The minimum absolute atomic E-state index is 0. The molecule has 24 heavy (non-hydrogen) atoms. The Morgan fingerprint density at radius 2 is 2.12 bits per heavy atom. The SMILES string of the molecule is C[C@@H]1COc2cc(C(=O)NO)ccc2CN1c1cccc(F)c1.S. The molecular weight excluding hydrogens is 331 g/mol. The van der Waals surface area contributed by atoms with Gasteiger partial charge >= 0.3 is 0 Å². The molecule has 0 aromatic heterocycles. The fourth-order valence-electron chi connectivity index (χ4n) is 2.67. The minimum Gasteiger partial charge on any atom is -0.491 e. The molecule has 2 aromatic carbocycles. The molecule has 5 nitrogen and oxygen atoms in total. The molecule has 0 bridgehead atoms.